The molecule has 0 spiro atoms. The molecule has 0 aliphatic heterocycles. The van der Waals surface area contributed by atoms with E-state index in [4.69, 9.17) is 0 Å². The molecule has 0 bridgehead atoms. The maximum atomic E-state index is 13.1. The molecule has 0 amide bonds. The summed E-state index contributed by atoms with van der Waals surface area (Å²) in [5.74, 6) is 0.989. The number of rotatable bonds is 6. The SMILES string of the molecule is CNC(CSC1CCCC1)Cc1cccc(F)c1. The first-order valence-corrected chi connectivity index (χ1v) is 7.86. The predicted molar refractivity (Wildman–Crippen MR) is 77.7 cm³/mol. The number of thioether (sulfide) groups is 1. The molecule has 0 aromatic heterocycles. The van der Waals surface area contributed by atoms with Gasteiger partial charge in [0.2, 0.25) is 0 Å². The van der Waals surface area contributed by atoms with Gasteiger partial charge in [0.05, 0.1) is 0 Å². The summed E-state index contributed by atoms with van der Waals surface area (Å²) in [7, 11) is 2.00. The summed E-state index contributed by atoms with van der Waals surface area (Å²) < 4.78 is 13.1. The molecule has 1 aromatic rings. The number of nitrogens with one attached hydrogen (secondary N) is 1. The molecule has 1 saturated carbocycles. The lowest BCUT2D eigenvalue weighted by Gasteiger charge is -2.18. The first-order chi connectivity index (χ1) is 8.78. The average molecular weight is 267 g/mol. The topological polar surface area (TPSA) is 12.0 Å². The van der Waals surface area contributed by atoms with Crippen LogP contribution in [0, 0.1) is 5.82 Å². The van der Waals surface area contributed by atoms with Crippen LogP contribution in [0.5, 0.6) is 0 Å². The van der Waals surface area contributed by atoms with E-state index in [2.05, 4.69) is 17.1 Å². The highest BCUT2D eigenvalue weighted by Gasteiger charge is 2.17. The van der Waals surface area contributed by atoms with Crippen molar-refractivity contribution >= 4 is 11.8 Å². The number of halogens is 1. The summed E-state index contributed by atoms with van der Waals surface area (Å²) in [6, 6.07) is 7.39. The van der Waals surface area contributed by atoms with Crippen molar-refractivity contribution in [2.75, 3.05) is 12.8 Å². The van der Waals surface area contributed by atoms with E-state index in [0.717, 1.165) is 23.0 Å². The van der Waals surface area contributed by atoms with Gasteiger partial charge in [-0.3, -0.25) is 0 Å². The van der Waals surface area contributed by atoms with E-state index < -0.39 is 0 Å². The van der Waals surface area contributed by atoms with E-state index in [9.17, 15) is 4.39 Å². The van der Waals surface area contributed by atoms with Gasteiger partial charge in [-0.05, 0) is 44.0 Å². The van der Waals surface area contributed by atoms with Crippen molar-refractivity contribution in [2.24, 2.45) is 0 Å². The molecule has 1 aromatic carbocycles. The molecule has 0 radical (unpaired) electrons. The normalized spacial score (nSPS) is 18.1. The van der Waals surface area contributed by atoms with Crippen LogP contribution in [0.2, 0.25) is 0 Å². The van der Waals surface area contributed by atoms with Crippen molar-refractivity contribution in [3.8, 4) is 0 Å². The van der Waals surface area contributed by atoms with Crippen LogP contribution in [0.4, 0.5) is 4.39 Å². The number of likely N-dealkylation sites (N-methyl/N-ethyl adjacent to an activating group) is 1. The van der Waals surface area contributed by atoms with E-state index in [1.165, 1.54) is 31.7 Å². The van der Waals surface area contributed by atoms with Gasteiger partial charge < -0.3 is 5.32 Å². The average Bonchev–Trinajstić information content (AvgIpc) is 2.87. The van der Waals surface area contributed by atoms with Gasteiger partial charge >= 0.3 is 0 Å². The molecule has 18 heavy (non-hydrogen) atoms. The second kappa shape index (κ2) is 7.15. The van der Waals surface area contributed by atoms with Crippen LogP contribution in [-0.4, -0.2) is 24.1 Å². The van der Waals surface area contributed by atoms with E-state index in [1.807, 2.05) is 13.1 Å². The maximum absolute atomic E-state index is 13.1. The third-order valence-corrected chi connectivity index (χ3v) is 5.15. The highest BCUT2D eigenvalue weighted by Crippen LogP contribution is 2.29. The molecule has 3 heteroatoms. The van der Waals surface area contributed by atoms with Gasteiger partial charge in [0.25, 0.3) is 0 Å². The summed E-state index contributed by atoms with van der Waals surface area (Å²) in [5.41, 5.74) is 1.08. The Morgan fingerprint density at radius 2 is 2.17 bits per heavy atom. The zero-order valence-corrected chi connectivity index (χ0v) is 11.8. The highest BCUT2D eigenvalue weighted by molar-refractivity contribution is 7.99. The van der Waals surface area contributed by atoms with Gasteiger partial charge in [-0.2, -0.15) is 11.8 Å². The molecule has 1 aliphatic rings. The van der Waals surface area contributed by atoms with Crippen molar-refractivity contribution in [3.05, 3.63) is 35.6 Å². The van der Waals surface area contributed by atoms with Crippen molar-refractivity contribution in [3.63, 3.8) is 0 Å². The first-order valence-electron chi connectivity index (χ1n) is 6.81. The standard InChI is InChI=1S/C15H22FNS/c1-17-14(11-18-15-7-2-3-8-15)10-12-5-4-6-13(16)9-12/h4-6,9,14-15,17H,2-3,7-8,10-11H2,1H3. The van der Waals surface area contributed by atoms with E-state index in [-0.39, 0.29) is 5.82 Å². The van der Waals surface area contributed by atoms with Crippen LogP contribution in [-0.2, 0) is 6.42 Å². The minimum Gasteiger partial charge on any atom is -0.316 e. The molecule has 0 saturated heterocycles. The summed E-state index contributed by atoms with van der Waals surface area (Å²) in [4.78, 5) is 0. The second-order valence-corrected chi connectivity index (χ2v) is 6.39. The summed E-state index contributed by atoms with van der Waals surface area (Å²) >= 11 is 2.08. The monoisotopic (exact) mass is 267 g/mol. The van der Waals surface area contributed by atoms with Crippen molar-refractivity contribution in [1.29, 1.82) is 0 Å². The Balaban J connectivity index is 1.81. The van der Waals surface area contributed by atoms with Gasteiger partial charge in [-0.25, -0.2) is 4.39 Å². The lowest BCUT2D eigenvalue weighted by atomic mass is 10.1. The van der Waals surface area contributed by atoms with Gasteiger partial charge in [0.15, 0.2) is 0 Å². The third-order valence-electron chi connectivity index (χ3n) is 3.61. The van der Waals surface area contributed by atoms with Crippen LogP contribution in [0.15, 0.2) is 24.3 Å². The Hall–Kier alpha value is -0.540. The smallest absolute Gasteiger partial charge is 0.123 e. The van der Waals surface area contributed by atoms with Crippen LogP contribution >= 0.6 is 11.8 Å². The molecule has 1 N–H and O–H groups in total. The molecule has 1 nitrogen and oxygen atoms in total. The second-order valence-electron chi connectivity index (χ2n) is 5.06. The molecule has 0 heterocycles. The van der Waals surface area contributed by atoms with Crippen molar-refractivity contribution in [1.82, 2.24) is 5.32 Å². The molecule has 100 valence electrons. The Morgan fingerprint density at radius 3 is 2.83 bits per heavy atom. The minimum atomic E-state index is -0.134. The summed E-state index contributed by atoms with van der Waals surface area (Å²) in [6.07, 6.45) is 6.45. The molecule has 1 aliphatic carbocycles. The van der Waals surface area contributed by atoms with Crippen molar-refractivity contribution < 1.29 is 4.39 Å². The summed E-state index contributed by atoms with van der Waals surface area (Å²) in [6.45, 7) is 0. The Morgan fingerprint density at radius 1 is 1.39 bits per heavy atom. The quantitative estimate of drug-likeness (QED) is 0.844. The van der Waals surface area contributed by atoms with Crippen LogP contribution in [0.3, 0.4) is 0 Å². The van der Waals surface area contributed by atoms with Gasteiger partial charge in [-0.15, -0.1) is 0 Å². The third kappa shape index (κ3) is 4.29. The fourth-order valence-electron chi connectivity index (χ4n) is 2.50. The molecular weight excluding hydrogens is 245 g/mol. The van der Waals surface area contributed by atoms with E-state index >= 15 is 0 Å². The molecular formula is C15H22FNS. The fraction of sp³-hybridized carbons (Fsp3) is 0.600. The van der Waals surface area contributed by atoms with Gasteiger partial charge in [-0.1, -0.05) is 25.0 Å². The zero-order chi connectivity index (χ0) is 12.8. The van der Waals surface area contributed by atoms with Crippen LogP contribution < -0.4 is 5.32 Å². The van der Waals surface area contributed by atoms with Crippen molar-refractivity contribution in [2.45, 2.75) is 43.4 Å². The molecule has 1 fully saturated rings. The lowest BCUT2D eigenvalue weighted by Crippen LogP contribution is -2.30. The molecule has 1 atom stereocenters. The number of benzene rings is 1. The van der Waals surface area contributed by atoms with Gasteiger partial charge in [0, 0.05) is 17.0 Å². The van der Waals surface area contributed by atoms with Crippen LogP contribution in [0.1, 0.15) is 31.2 Å². The first kappa shape index (κ1) is 13.9. The van der Waals surface area contributed by atoms with Gasteiger partial charge in [0.1, 0.15) is 5.82 Å². The largest absolute Gasteiger partial charge is 0.316 e. The Labute approximate surface area is 114 Å². The van der Waals surface area contributed by atoms with E-state index in [0.29, 0.717) is 6.04 Å². The summed E-state index contributed by atoms with van der Waals surface area (Å²) in [5, 5.41) is 4.21. The minimum absolute atomic E-state index is 0.134. The Kier molecular flexibility index (Phi) is 5.51. The molecule has 1 unspecified atom stereocenters. The van der Waals surface area contributed by atoms with E-state index in [1.54, 1.807) is 12.1 Å². The number of hydrogen-bond acceptors (Lipinski definition) is 2. The Bertz CT molecular complexity index is 363. The fourth-order valence-corrected chi connectivity index (χ4v) is 3.96. The maximum Gasteiger partial charge on any atom is 0.123 e. The number of hydrogen-bond donors (Lipinski definition) is 1. The van der Waals surface area contributed by atoms with Crippen LogP contribution in [0.25, 0.3) is 0 Å². The lowest BCUT2D eigenvalue weighted by molar-refractivity contribution is 0.602. The highest BCUT2D eigenvalue weighted by atomic mass is 32.2. The zero-order valence-electron chi connectivity index (χ0n) is 11.0. The molecule has 2 rings (SSSR count). The predicted octanol–water partition coefficient (Wildman–Crippen LogP) is 3.63.